The predicted octanol–water partition coefficient (Wildman–Crippen LogP) is 4.55. The van der Waals surface area contributed by atoms with Gasteiger partial charge in [-0.1, -0.05) is 56.3 Å². The monoisotopic (exact) mass is 284 g/mol. The van der Waals surface area contributed by atoms with Crippen LogP contribution in [0.4, 0.5) is 4.39 Å². The molecule has 2 heteroatoms. The van der Waals surface area contributed by atoms with Gasteiger partial charge in [-0.05, 0) is 41.5 Å². The van der Waals surface area contributed by atoms with Gasteiger partial charge in [0.1, 0.15) is 12.1 Å². The maximum atomic E-state index is 13.7. The molecule has 21 heavy (non-hydrogen) atoms. The normalized spacial score (nSPS) is 12.4. The second-order valence-corrected chi connectivity index (χ2v) is 5.88. The molecule has 0 aliphatic rings. The lowest BCUT2D eigenvalue weighted by Gasteiger charge is -2.13. The van der Waals surface area contributed by atoms with Crippen molar-refractivity contribution in [3.8, 4) is 0 Å². The minimum Gasteiger partial charge on any atom is -0.303 e. The summed E-state index contributed by atoms with van der Waals surface area (Å²) in [4.78, 5) is 11.4. The molecule has 0 aliphatic heterocycles. The molecule has 0 aromatic heterocycles. The first kappa shape index (κ1) is 15.4. The van der Waals surface area contributed by atoms with Gasteiger partial charge in [0.15, 0.2) is 0 Å². The second-order valence-electron chi connectivity index (χ2n) is 5.88. The minimum atomic E-state index is -0.296. The molecule has 1 atom stereocenters. The van der Waals surface area contributed by atoms with Crippen LogP contribution in [-0.2, 0) is 17.6 Å². The van der Waals surface area contributed by atoms with E-state index in [0.29, 0.717) is 17.9 Å². The molecule has 2 aromatic carbocycles. The summed E-state index contributed by atoms with van der Waals surface area (Å²) in [5, 5.41) is 0. The summed E-state index contributed by atoms with van der Waals surface area (Å²) in [6, 6.07) is 14.7. The number of hydrogen-bond acceptors (Lipinski definition) is 1. The second kappa shape index (κ2) is 7.16. The molecule has 0 spiro atoms. The number of hydrogen-bond donors (Lipinski definition) is 0. The Bertz CT molecular complexity index is 587. The minimum absolute atomic E-state index is 0.249. The zero-order chi connectivity index (χ0) is 15.2. The fraction of sp³-hybridized carbons (Fsp3) is 0.316. The molecule has 0 N–H and O–H groups in total. The van der Waals surface area contributed by atoms with E-state index in [-0.39, 0.29) is 11.7 Å². The van der Waals surface area contributed by atoms with E-state index >= 15 is 0 Å². The molecular weight excluding hydrogens is 263 g/mol. The molecule has 0 amide bonds. The highest BCUT2D eigenvalue weighted by Gasteiger charge is 2.13. The predicted molar refractivity (Wildman–Crippen MR) is 83.9 cm³/mol. The van der Waals surface area contributed by atoms with Crippen molar-refractivity contribution in [2.24, 2.45) is 5.92 Å². The zero-order valence-electron chi connectivity index (χ0n) is 12.6. The Balaban J connectivity index is 2.14. The van der Waals surface area contributed by atoms with Gasteiger partial charge in [-0.25, -0.2) is 4.39 Å². The van der Waals surface area contributed by atoms with Gasteiger partial charge in [0.05, 0.1) is 0 Å². The van der Waals surface area contributed by atoms with Gasteiger partial charge in [0, 0.05) is 5.92 Å². The average Bonchev–Trinajstić information content (AvgIpc) is 2.47. The average molecular weight is 284 g/mol. The largest absolute Gasteiger partial charge is 0.303 e. The highest BCUT2D eigenvalue weighted by atomic mass is 19.1. The Morgan fingerprint density at radius 1 is 1.00 bits per heavy atom. The van der Waals surface area contributed by atoms with Crippen molar-refractivity contribution >= 4 is 6.29 Å². The van der Waals surface area contributed by atoms with Crippen molar-refractivity contribution < 1.29 is 9.18 Å². The summed E-state index contributed by atoms with van der Waals surface area (Å²) in [5.74, 6) is 0.0620. The molecule has 0 saturated carbocycles. The van der Waals surface area contributed by atoms with E-state index < -0.39 is 0 Å². The fourth-order valence-corrected chi connectivity index (χ4v) is 2.52. The van der Waals surface area contributed by atoms with Crippen molar-refractivity contribution in [2.45, 2.75) is 32.6 Å². The number of benzene rings is 2. The van der Waals surface area contributed by atoms with E-state index in [1.54, 1.807) is 18.2 Å². The summed E-state index contributed by atoms with van der Waals surface area (Å²) >= 11 is 0. The summed E-state index contributed by atoms with van der Waals surface area (Å²) < 4.78 is 13.7. The van der Waals surface area contributed by atoms with Crippen LogP contribution in [-0.4, -0.2) is 6.29 Å². The maximum Gasteiger partial charge on any atom is 0.127 e. The van der Waals surface area contributed by atoms with Gasteiger partial charge in [0.25, 0.3) is 0 Å². The molecule has 0 aliphatic carbocycles. The molecule has 110 valence electrons. The van der Waals surface area contributed by atoms with Crippen LogP contribution in [0, 0.1) is 11.7 Å². The van der Waals surface area contributed by atoms with Crippen molar-refractivity contribution in [3.05, 3.63) is 71.0 Å². The van der Waals surface area contributed by atoms with Gasteiger partial charge in [0.2, 0.25) is 0 Å². The molecule has 0 radical (unpaired) electrons. The third-order valence-corrected chi connectivity index (χ3v) is 3.61. The molecule has 0 saturated heterocycles. The summed E-state index contributed by atoms with van der Waals surface area (Å²) in [5.41, 5.74) is 2.80. The first-order chi connectivity index (χ1) is 10.1. The molecular formula is C19H21FO. The van der Waals surface area contributed by atoms with E-state index in [1.165, 1.54) is 11.6 Å². The van der Waals surface area contributed by atoms with Crippen LogP contribution in [0.2, 0.25) is 0 Å². The lowest BCUT2D eigenvalue weighted by atomic mass is 9.91. The fourth-order valence-electron chi connectivity index (χ4n) is 2.52. The highest BCUT2D eigenvalue weighted by Crippen LogP contribution is 2.22. The Morgan fingerprint density at radius 2 is 1.67 bits per heavy atom. The lowest BCUT2D eigenvalue weighted by molar-refractivity contribution is -0.109. The number of carbonyl (C=O) groups is 1. The molecule has 0 bridgehead atoms. The molecule has 2 rings (SSSR count). The Kier molecular flexibility index (Phi) is 5.26. The van der Waals surface area contributed by atoms with Gasteiger partial charge in [-0.15, -0.1) is 0 Å². The van der Waals surface area contributed by atoms with E-state index in [1.807, 2.05) is 12.1 Å². The third kappa shape index (κ3) is 4.25. The van der Waals surface area contributed by atoms with E-state index in [2.05, 4.69) is 26.0 Å². The van der Waals surface area contributed by atoms with Crippen molar-refractivity contribution in [3.63, 3.8) is 0 Å². The summed E-state index contributed by atoms with van der Waals surface area (Å²) in [7, 11) is 0. The van der Waals surface area contributed by atoms with Crippen LogP contribution in [0.3, 0.4) is 0 Å². The lowest BCUT2D eigenvalue weighted by Crippen LogP contribution is -2.06. The molecule has 1 unspecified atom stereocenters. The topological polar surface area (TPSA) is 17.1 Å². The van der Waals surface area contributed by atoms with Gasteiger partial charge in [-0.3, -0.25) is 0 Å². The smallest absolute Gasteiger partial charge is 0.127 e. The standard InChI is InChI=1S/C19H21FO/c1-14(2)11-15-7-9-16(10-8-15)18(13-21)12-17-5-3-4-6-19(17)20/h3-10,13-14,18H,11-12H2,1-2H3. The van der Waals surface area contributed by atoms with Gasteiger partial charge in [-0.2, -0.15) is 0 Å². The SMILES string of the molecule is CC(C)Cc1ccc(C(C=O)Cc2ccccc2F)cc1. The molecule has 1 nitrogen and oxygen atoms in total. The van der Waals surface area contributed by atoms with E-state index in [0.717, 1.165) is 18.3 Å². The zero-order valence-corrected chi connectivity index (χ0v) is 12.6. The molecule has 0 heterocycles. The van der Waals surface area contributed by atoms with Crippen molar-refractivity contribution in [1.29, 1.82) is 0 Å². The summed E-state index contributed by atoms with van der Waals surface area (Å²) in [6.07, 6.45) is 2.34. The number of rotatable bonds is 6. The molecule has 2 aromatic rings. The van der Waals surface area contributed by atoms with Gasteiger partial charge >= 0.3 is 0 Å². The van der Waals surface area contributed by atoms with Crippen molar-refractivity contribution in [2.75, 3.05) is 0 Å². The van der Waals surface area contributed by atoms with Crippen LogP contribution >= 0.6 is 0 Å². The van der Waals surface area contributed by atoms with E-state index in [9.17, 15) is 9.18 Å². The highest BCUT2D eigenvalue weighted by molar-refractivity contribution is 5.63. The first-order valence-electron chi connectivity index (χ1n) is 7.37. The maximum absolute atomic E-state index is 13.7. The van der Waals surface area contributed by atoms with Crippen LogP contribution < -0.4 is 0 Å². The third-order valence-electron chi connectivity index (χ3n) is 3.61. The van der Waals surface area contributed by atoms with Crippen LogP contribution in [0.15, 0.2) is 48.5 Å². The number of halogens is 1. The van der Waals surface area contributed by atoms with Crippen LogP contribution in [0.25, 0.3) is 0 Å². The van der Waals surface area contributed by atoms with Crippen LogP contribution in [0.5, 0.6) is 0 Å². The van der Waals surface area contributed by atoms with Gasteiger partial charge < -0.3 is 4.79 Å². The van der Waals surface area contributed by atoms with Crippen LogP contribution in [0.1, 0.15) is 36.5 Å². The van der Waals surface area contributed by atoms with E-state index in [4.69, 9.17) is 0 Å². The van der Waals surface area contributed by atoms with Crippen molar-refractivity contribution in [1.82, 2.24) is 0 Å². The Labute approximate surface area is 125 Å². The summed E-state index contributed by atoms with van der Waals surface area (Å²) in [6.45, 7) is 4.36. The Hall–Kier alpha value is -1.96. The first-order valence-corrected chi connectivity index (χ1v) is 7.37. The number of aldehydes is 1. The number of carbonyl (C=O) groups excluding carboxylic acids is 1. The molecule has 0 fully saturated rings. The quantitative estimate of drug-likeness (QED) is 0.711. The Morgan fingerprint density at radius 3 is 2.24 bits per heavy atom.